The first-order valence-electron chi connectivity index (χ1n) is 2.86. The monoisotopic (exact) mass is 289 g/mol. The summed E-state index contributed by atoms with van der Waals surface area (Å²) in [4.78, 5) is 10.8. The molecule has 0 atom stereocenters. The van der Waals surface area contributed by atoms with Crippen LogP contribution in [-0.4, -0.2) is 11.1 Å². The van der Waals surface area contributed by atoms with Gasteiger partial charge < -0.3 is 9.60 Å². The summed E-state index contributed by atoms with van der Waals surface area (Å²) < 4.78 is 4.39. The maximum absolute atomic E-state index is 10.8. The molecule has 1 rings (SSSR count). The smallest absolute Gasteiger partial charge is 1.00 e. The number of hydrogen-bond acceptors (Lipinski definition) is 3. The van der Waals surface area contributed by atoms with E-state index < -0.39 is 5.97 Å². The molecule has 0 saturated carbocycles. The zero-order valence-electron chi connectivity index (χ0n) is 8.45. The Morgan fingerprint density at radius 3 is 2.67 bits per heavy atom. The molecule has 1 aromatic carbocycles. The first-order valence-corrected chi connectivity index (χ1v) is 3.74. The summed E-state index contributed by atoms with van der Waals surface area (Å²) in [5.74, 6) is -0.599. The minimum absolute atomic E-state index is 0. The van der Waals surface area contributed by atoms with Crippen LogP contribution in [-0.2, 0) is 3.07 Å². The Kier molecular flexibility index (Phi) is 5.90. The van der Waals surface area contributed by atoms with E-state index in [2.05, 4.69) is 3.07 Å². The van der Waals surface area contributed by atoms with Gasteiger partial charge in [-0.25, -0.2) is 4.79 Å². The van der Waals surface area contributed by atoms with Gasteiger partial charge in [-0.15, -0.1) is 0 Å². The van der Waals surface area contributed by atoms with Crippen molar-refractivity contribution in [3.8, 4) is 5.75 Å². The molecule has 0 saturated heterocycles. The number of carbonyl (C=O) groups is 1. The quantitative estimate of drug-likeness (QED) is 0.540. The van der Waals surface area contributed by atoms with Crippen molar-refractivity contribution in [2.75, 3.05) is 0 Å². The van der Waals surface area contributed by atoms with E-state index in [0.717, 1.165) is 0 Å². The Labute approximate surface area is 109 Å². The van der Waals surface area contributed by atoms with E-state index in [4.69, 9.17) is 5.11 Å². The van der Waals surface area contributed by atoms with E-state index in [1.807, 2.05) is 0 Å². The van der Waals surface area contributed by atoms with E-state index >= 15 is 0 Å². The molecule has 0 aliphatic heterocycles. The molecule has 0 heterocycles. The van der Waals surface area contributed by atoms with Gasteiger partial charge >= 0.3 is 37.0 Å². The van der Waals surface area contributed by atoms with Gasteiger partial charge in [-0.3, -0.25) is 0 Å². The van der Waals surface area contributed by atoms with Crippen molar-refractivity contribution in [2.24, 2.45) is 0 Å². The zero-order chi connectivity index (χ0) is 8.27. The van der Waals surface area contributed by atoms with Gasteiger partial charge in [-0.2, -0.15) is 0 Å². The SMILES string of the molecule is O=C(OI)c1ccccc1O.[H+].[H-].[Na+]. The van der Waals surface area contributed by atoms with Crippen LogP contribution < -0.4 is 29.6 Å². The van der Waals surface area contributed by atoms with Crippen molar-refractivity contribution in [3.63, 3.8) is 0 Å². The molecule has 12 heavy (non-hydrogen) atoms. The molecule has 0 fully saturated rings. The van der Waals surface area contributed by atoms with Crippen molar-refractivity contribution < 1.29 is 45.4 Å². The number of halogens is 1. The fourth-order valence-corrected chi connectivity index (χ4v) is 0.925. The van der Waals surface area contributed by atoms with Crippen LogP contribution >= 0.6 is 23.0 Å². The summed E-state index contributed by atoms with van der Waals surface area (Å²) >= 11 is 1.47. The molecule has 0 amide bonds. The molecular weight excluding hydrogens is 282 g/mol. The first-order chi connectivity index (χ1) is 5.25. The maximum Gasteiger partial charge on any atom is 1.00 e. The van der Waals surface area contributed by atoms with Gasteiger partial charge in [0.05, 0.1) is 0 Å². The van der Waals surface area contributed by atoms with Gasteiger partial charge in [0.15, 0.2) is 23.0 Å². The summed E-state index contributed by atoms with van der Waals surface area (Å²) in [6, 6.07) is 6.22. The minimum atomic E-state index is -0.538. The van der Waals surface area contributed by atoms with Crippen molar-refractivity contribution in [2.45, 2.75) is 0 Å². The largest absolute Gasteiger partial charge is 1.00 e. The van der Waals surface area contributed by atoms with Gasteiger partial charge in [0.1, 0.15) is 11.3 Å². The van der Waals surface area contributed by atoms with Crippen LogP contribution in [0.2, 0.25) is 0 Å². The van der Waals surface area contributed by atoms with Crippen molar-refractivity contribution in [1.29, 1.82) is 0 Å². The molecule has 1 aromatic rings. The van der Waals surface area contributed by atoms with E-state index in [0.29, 0.717) is 0 Å². The second-order valence-electron chi connectivity index (χ2n) is 1.88. The number of benzene rings is 1. The van der Waals surface area contributed by atoms with Gasteiger partial charge in [-0.1, -0.05) is 12.1 Å². The van der Waals surface area contributed by atoms with E-state index in [1.54, 1.807) is 12.1 Å². The zero-order valence-corrected chi connectivity index (χ0v) is 10.6. The third-order valence-electron chi connectivity index (χ3n) is 1.19. The molecule has 0 radical (unpaired) electrons. The number of hydrogen-bond donors (Lipinski definition) is 1. The molecule has 0 bridgehead atoms. The van der Waals surface area contributed by atoms with Crippen molar-refractivity contribution >= 4 is 29.0 Å². The second kappa shape index (κ2) is 5.80. The van der Waals surface area contributed by atoms with Crippen molar-refractivity contribution in [3.05, 3.63) is 29.8 Å². The van der Waals surface area contributed by atoms with Gasteiger partial charge in [0, 0.05) is 0 Å². The summed E-state index contributed by atoms with van der Waals surface area (Å²) in [6.07, 6.45) is 0. The Morgan fingerprint density at radius 1 is 1.58 bits per heavy atom. The molecule has 0 aliphatic rings. The third-order valence-corrected chi connectivity index (χ3v) is 1.59. The number of aromatic hydroxyl groups is 1. The molecule has 0 aromatic heterocycles. The Balaban J connectivity index is -0.000000403. The fourth-order valence-electron chi connectivity index (χ4n) is 0.688. The van der Waals surface area contributed by atoms with E-state index in [-0.39, 0.29) is 43.7 Å². The van der Waals surface area contributed by atoms with Crippen LogP contribution in [0, 0.1) is 0 Å². The standard InChI is InChI=1S/C7H5IO3.Na.H/c8-11-7(10)5-3-1-2-4-6(5)9;;/h1-4,9H;;/q;+1;-1/p+1. The fraction of sp³-hybridized carbons (Fsp3) is 0. The summed E-state index contributed by atoms with van der Waals surface area (Å²) in [7, 11) is 0. The number of carbonyl (C=O) groups excluding carboxylic acids is 1. The Hall–Kier alpha value is 0.220. The first kappa shape index (κ1) is 12.2. The predicted molar refractivity (Wildman–Crippen MR) is 49.8 cm³/mol. The summed E-state index contributed by atoms with van der Waals surface area (Å²) in [5, 5.41) is 9.11. The Morgan fingerprint density at radius 2 is 2.17 bits per heavy atom. The molecule has 60 valence electrons. The van der Waals surface area contributed by atoms with Gasteiger partial charge in [-0.05, 0) is 12.1 Å². The van der Waals surface area contributed by atoms with Crippen LogP contribution in [0.1, 0.15) is 13.2 Å². The average molecular weight is 289 g/mol. The molecule has 0 spiro atoms. The second-order valence-corrected chi connectivity index (χ2v) is 2.32. The molecule has 0 unspecified atom stereocenters. The van der Waals surface area contributed by atoms with Crippen LogP contribution in [0.4, 0.5) is 0 Å². The minimum Gasteiger partial charge on any atom is -1.00 e. The molecule has 1 N–H and O–H groups in total. The molecule has 3 nitrogen and oxygen atoms in total. The normalized spacial score (nSPS) is 8.42. The average Bonchev–Trinajstić information content (AvgIpc) is 2.04. The number of phenols is 1. The number of phenolic OH excluding ortho intramolecular Hbond substituents is 1. The molecular formula is C7H7INaO3+. The van der Waals surface area contributed by atoms with Crippen LogP contribution in [0.5, 0.6) is 5.75 Å². The van der Waals surface area contributed by atoms with Crippen molar-refractivity contribution in [1.82, 2.24) is 0 Å². The van der Waals surface area contributed by atoms with E-state index in [9.17, 15) is 4.79 Å². The van der Waals surface area contributed by atoms with Crippen LogP contribution in [0.25, 0.3) is 0 Å². The van der Waals surface area contributed by atoms with Crippen LogP contribution in [0.3, 0.4) is 0 Å². The number of rotatable bonds is 1. The van der Waals surface area contributed by atoms with Gasteiger partial charge in [0.25, 0.3) is 0 Å². The maximum atomic E-state index is 10.8. The van der Waals surface area contributed by atoms with Crippen LogP contribution in [0.15, 0.2) is 24.3 Å². The van der Waals surface area contributed by atoms with Gasteiger partial charge in [0.2, 0.25) is 0 Å². The molecule has 0 aliphatic carbocycles. The third kappa shape index (κ3) is 2.93. The summed E-state index contributed by atoms with van der Waals surface area (Å²) in [5.41, 5.74) is 0.182. The number of para-hydroxylation sites is 1. The Bertz CT molecular complexity index is 285. The summed E-state index contributed by atoms with van der Waals surface area (Å²) in [6.45, 7) is 0. The topological polar surface area (TPSA) is 46.5 Å². The van der Waals surface area contributed by atoms with E-state index in [1.165, 1.54) is 35.1 Å². The predicted octanol–water partition coefficient (Wildman–Crippen LogP) is -0.872. The molecule has 5 heteroatoms.